The number of aliphatic hydroxyl groups excluding tert-OH is 1. The van der Waals surface area contributed by atoms with Gasteiger partial charge in [0.1, 0.15) is 0 Å². The predicted molar refractivity (Wildman–Crippen MR) is 64.4 cm³/mol. The van der Waals surface area contributed by atoms with Gasteiger partial charge in [-0.2, -0.15) is 12.7 Å². The average molecular weight is 256 g/mol. The maximum Gasteiger partial charge on any atom is 0.277 e. The number of benzene rings is 1. The van der Waals surface area contributed by atoms with Crippen molar-refractivity contribution >= 4 is 10.2 Å². The van der Waals surface area contributed by atoms with Crippen LogP contribution >= 0.6 is 0 Å². The second-order valence-corrected chi connectivity index (χ2v) is 5.63. The van der Waals surface area contributed by atoms with E-state index in [9.17, 15) is 8.42 Å². The Bertz CT molecular complexity index is 501. The molecule has 1 aliphatic carbocycles. The van der Waals surface area contributed by atoms with Crippen LogP contribution in [0.5, 0.6) is 0 Å². The Hall–Kier alpha value is -0.950. The van der Waals surface area contributed by atoms with E-state index in [1.54, 1.807) is 0 Å². The van der Waals surface area contributed by atoms with Gasteiger partial charge in [0.25, 0.3) is 10.2 Å². The molecule has 0 radical (unpaired) electrons. The Balaban J connectivity index is 2.34. The fraction of sp³-hybridized carbons (Fsp3) is 0.455. The molecule has 1 unspecified atom stereocenters. The molecule has 1 aromatic rings. The first kappa shape index (κ1) is 12.5. The highest BCUT2D eigenvalue weighted by Crippen LogP contribution is 2.36. The quantitative estimate of drug-likeness (QED) is 0.805. The summed E-state index contributed by atoms with van der Waals surface area (Å²) in [5, 5.41) is 14.1. The van der Waals surface area contributed by atoms with Crippen molar-refractivity contribution in [3.05, 3.63) is 35.4 Å². The van der Waals surface area contributed by atoms with E-state index in [0.29, 0.717) is 0 Å². The fourth-order valence-corrected chi connectivity index (χ4v) is 3.30. The summed E-state index contributed by atoms with van der Waals surface area (Å²) in [6.45, 7) is -0.188. The molecule has 0 amide bonds. The fourth-order valence-electron chi connectivity index (χ4n) is 2.39. The largest absolute Gasteiger partial charge is 0.395 e. The van der Waals surface area contributed by atoms with E-state index < -0.39 is 10.2 Å². The summed E-state index contributed by atoms with van der Waals surface area (Å²) in [6.07, 6.45) is 1.56. The summed E-state index contributed by atoms with van der Waals surface area (Å²) >= 11 is 0. The molecule has 0 saturated carbocycles. The van der Waals surface area contributed by atoms with Gasteiger partial charge in [-0.3, -0.25) is 0 Å². The first-order valence-electron chi connectivity index (χ1n) is 5.52. The number of rotatable bonds is 4. The van der Waals surface area contributed by atoms with Crippen LogP contribution in [-0.4, -0.2) is 31.0 Å². The van der Waals surface area contributed by atoms with Crippen LogP contribution in [0.1, 0.15) is 23.6 Å². The maximum atomic E-state index is 11.5. The minimum Gasteiger partial charge on any atom is -0.395 e. The Morgan fingerprint density at radius 1 is 1.41 bits per heavy atom. The molecular weight excluding hydrogens is 240 g/mol. The van der Waals surface area contributed by atoms with Crippen LogP contribution in [0.2, 0.25) is 0 Å². The van der Waals surface area contributed by atoms with E-state index in [-0.39, 0.29) is 19.2 Å². The van der Waals surface area contributed by atoms with Crippen molar-refractivity contribution in [3.63, 3.8) is 0 Å². The zero-order chi connectivity index (χ0) is 12.5. The summed E-state index contributed by atoms with van der Waals surface area (Å²) in [6, 6.07) is 7.50. The molecular formula is C11H16N2O3S. The van der Waals surface area contributed by atoms with Gasteiger partial charge < -0.3 is 5.11 Å². The van der Waals surface area contributed by atoms with E-state index in [4.69, 9.17) is 10.2 Å². The molecule has 0 aliphatic heterocycles. The number of fused-ring (bicyclic) bond motifs is 1. The van der Waals surface area contributed by atoms with E-state index in [1.807, 2.05) is 24.3 Å². The molecule has 94 valence electrons. The third-order valence-electron chi connectivity index (χ3n) is 3.10. The Morgan fingerprint density at radius 2 is 2.12 bits per heavy atom. The van der Waals surface area contributed by atoms with Crippen molar-refractivity contribution in [2.45, 2.75) is 18.9 Å². The van der Waals surface area contributed by atoms with Crippen LogP contribution in [0.4, 0.5) is 0 Å². The molecule has 5 nitrogen and oxygen atoms in total. The van der Waals surface area contributed by atoms with Gasteiger partial charge in [-0.05, 0) is 24.0 Å². The van der Waals surface area contributed by atoms with Gasteiger partial charge in [-0.1, -0.05) is 24.3 Å². The second kappa shape index (κ2) is 4.73. The summed E-state index contributed by atoms with van der Waals surface area (Å²) in [5.74, 6) is 0. The van der Waals surface area contributed by atoms with E-state index in [1.165, 1.54) is 4.31 Å². The molecule has 0 fully saturated rings. The van der Waals surface area contributed by atoms with Crippen molar-refractivity contribution in [1.82, 2.24) is 4.31 Å². The number of aliphatic hydroxyl groups is 1. The van der Waals surface area contributed by atoms with Gasteiger partial charge in [0, 0.05) is 6.54 Å². The van der Waals surface area contributed by atoms with Crippen molar-refractivity contribution in [3.8, 4) is 0 Å². The number of hydrogen-bond acceptors (Lipinski definition) is 3. The summed E-state index contributed by atoms with van der Waals surface area (Å²) in [7, 11) is -3.78. The van der Waals surface area contributed by atoms with Crippen molar-refractivity contribution in [2.24, 2.45) is 5.14 Å². The average Bonchev–Trinajstić information content (AvgIpc) is 2.68. The lowest BCUT2D eigenvalue weighted by atomic mass is 10.1. The standard InChI is InChI=1S/C11H16N2O3S/c12-17(15,16)13(7-8-14)11-6-5-9-3-1-2-4-10(9)11/h1-4,11,14H,5-8H2,(H2,12,15,16). The highest BCUT2D eigenvalue weighted by molar-refractivity contribution is 7.86. The van der Waals surface area contributed by atoms with Crippen LogP contribution in [0.3, 0.4) is 0 Å². The molecule has 6 heteroatoms. The van der Waals surface area contributed by atoms with Crippen LogP contribution in [0, 0.1) is 0 Å². The molecule has 1 aromatic carbocycles. The first-order valence-corrected chi connectivity index (χ1v) is 7.02. The first-order chi connectivity index (χ1) is 8.04. The number of aryl methyl sites for hydroxylation is 1. The zero-order valence-electron chi connectivity index (χ0n) is 9.41. The monoisotopic (exact) mass is 256 g/mol. The Morgan fingerprint density at radius 3 is 2.76 bits per heavy atom. The van der Waals surface area contributed by atoms with Gasteiger partial charge in [0.05, 0.1) is 12.6 Å². The van der Waals surface area contributed by atoms with Crippen LogP contribution in [-0.2, 0) is 16.6 Å². The molecule has 3 N–H and O–H groups in total. The molecule has 0 saturated heterocycles. The van der Waals surface area contributed by atoms with Gasteiger partial charge in [0.2, 0.25) is 0 Å². The van der Waals surface area contributed by atoms with Crippen LogP contribution < -0.4 is 5.14 Å². The minimum atomic E-state index is -3.78. The molecule has 17 heavy (non-hydrogen) atoms. The normalized spacial score (nSPS) is 19.6. The smallest absolute Gasteiger partial charge is 0.277 e. The van der Waals surface area contributed by atoms with Crippen LogP contribution in [0.25, 0.3) is 0 Å². The molecule has 0 bridgehead atoms. The summed E-state index contributed by atoms with van der Waals surface area (Å²) in [5.41, 5.74) is 2.15. The summed E-state index contributed by atoms with van der Waals surface area (Å²) < 4.78 is 24.2. The summed E-state index contributed by atoms with van der Waals surface area (Å²) in [4.78, 5) is 0. The zero-order valence-corrected chi connectivity index (χ0v) is 10.2. The predicted octanol–water partition coefficient (Wildman–Crippen LogP) is 0.172. The Labute approximate surface area is 101 Å². The molecule has 1 atom stereocenters. The number of nitrogens with two attached hydrogens (primary N) is 1. The molecule has 0 aromatic heterocycles. The lowest BCUT2D eigenvalue weighted by Gasteiger charge is -2.25. The molecule has 2 rings (SSSR count). The lowest BCUT2D eigenvalue weighted by Crippen LogP contribution is -2.40. The number of hydrogen-bond donors (Lipinski definition) is 2. The second-order valence-electron chi connectivity index (χ2n) is 4.13. The molecule has 0 spiro atoms. The Kier molecular flexibility index (Phi) is 3.48. The number of nitrogens with zero attached hydrogens (tertiary/aromatic N) is 1. The third kappa shape index (κ3) is 2.50. The third-order valence-corrected chi connectivity index (χ3v) is 4.19. The van der Waals surface area contributed by atoms with E-state index in [2.05, 4.69) is 0 Å². The van der Waals surface area contributed by atoms with Gasteiger partial charge in [-0.25, -0.2) is 5.14 Å². The van der Waals surface area contributed by atoms with E-state index >= 15 is 0 Å². The topological polar surface area (TPSA) is 83.6 Å². The van der Waals surface area contributed by atoms with Gasteiger partial charge in [-0.15, -0.1) is 0 Å². The van der Waals surface area contributed by atoms with Crippen molar-refractivity contribution in [2.75, 3.05) is 13.2 Å². The SMILES string of the molecule is NS(=O)(=O)N(CCO)C1CCc2ccccc21. The van der Waals surface area contributed by atoms with Gasteiger partial charge in [0.15, 0.2) is 0 Å². The van der Waals surface area contributed by atoms with Crippen LogP contribution in [0.15, 0.2) is 24.3 Å². The lowest BCUT2D eigenvalue weighted by molar-refractivity contribution is 0.226. The van der Waals surface area contributed by atoms with Gasteiger partial charge >= 0.3 is 0 Å². The molecule has 0 heterocycles. The van der Waals surface area contributed by atoms with Crippen molar-refractivity contribution < 1.29 is 13.5 Å². The minimum absolute atomic E-state index is 0.0395. The highest BCUT2D eigenvalue weighted by Gasteiger charge is 2.32. The molecule has 1 aliphatic rings. The van der Waals surface area contributed by atoms with E-state index in [0.717, 1.165) is 24.0 Å². The highest BCUT2D eigenvalue weighted by atomic mass is 32.2. The maximum absolute atomic E-state index is 11.5. The van der Waals surface area contributed by atoms with Crippen molar-refractivity contribution in [1.29, 1.82) is 0 Å².